The molecule has 1 aromatic heterocycles. The third-order valence-corrected chi connectivity index (χ3v) is 3.95. The van der Waals surface area contributed by atoms with Crippen molar-refractivity contribution >= 4 is 5.91 Å². The molecule has 21 heavy (non-hydrogen) atoms. The predicted octanol–water partition coefficient (Wildman–Crippen LogP) is 1.94. The van der Waals surface area contributed by atoms with E-state index in [1.165, 1.54) is 0 Å². The second kappa shape index (κ2) is 5.33. The number of benzene rings is 1. The van der Waals surface area contributed by atoms with Crippen molar-refractivity contribution in [1.29, 1.82) is 0 Å². The van der Waals surface area contributed by atoms with Crippen LogP contribution in [0.2, 0.25) is 0 Å². The van der Waals surface area contributed by atoms with Crippen molar-refractivity contribution in [3.63, 3.8) is 0 Å². The van der Waals surface area contributed by atoms with E-state index in [0.29, 0.717) is 12.1 Å². The van der Waals surface area contributed by atoms with Crippen LogP contribution in [0.25, 0.3) is 0 Å². The quantitative estimate of drug-likeness (QED) is 0.904. The Kier molecular flexibility index (Phi) is 3.51. The molecular weight excluding hydrogens is 268 g/mol. The first kappa shape index (κ1) is 13.8. The maximum Gasteiger partial charge on any atom is 0.290 e. The zero-order valence-corrected chi connectivity index (χ0v) is 11.9. The molecule has 1 aromatic carbocycles. The van der Waals surface area contributed by atoms with Gasteiger partial charge in [-0.05, 0) is 37.3 Å². The largest absolute Gasteiger partial charge is 0.383 e. The lowest BCUT2D eigenvalue weighted by Crippen LogP contribution is -2.42. The van der Waals surface area contributed by atoms with Gasteiger partial charge in [0.15, 0.2) is 0 Å². The van der Waals surface area contributed by atoms with E-state index in [9.17, 15) is 9.90 Å². The fourth-order valence-corrected chi connectivity index (χ4v) is 2.87. The van der Waals surface area contributed by atoms with Gasteiger partial charge in [0, 0.05) is 6.07 Å². The molecule has 2 N–H and O–H groups in total. The molecule has 0 fully saturated rings. The molecule has 1 aliphatic carbocycles. The summed E-state index contributed by atoms with van der Waals surface area (Å²) in [6, 6.07) is 9.42. The van der Waals surface area contributed by atoms with E-state index in [4.69, 9.17) is 4.52 Å². The van der Waals surface area contributed by atoms with Gasteiger partial charge in [0.05, 0.1) is 12.2 Å². The molecule has 0 aliphatic heterocycles. The number of fused-ring (bicyclic) bond motifs is 1. The van der Waals surface area contributed by atoms with Gasteiger partial charge in [-0.25, -0.2) is 0 Å². The average molecular weight is 286 g/mol. The van der Waals surface area contributed by atoms with Crippen molar-refractivity contribution in [2.24, 2.45) is 0 Å². The monoisotopic (exact) mass is 286 g/mol. The number of carbonyl (C=O) groups excluding carboxylic acids is 1. The second-order valence-corrected chi connectivity index (χ2v) is 5.56. The summed E-state index contributed by atoms with van der Waals surface area (Å²) in [5, 5.41) is 17.3. The molecule has 1 amide bonds. The Hall–Kier alpha value is -2.14. The number of aromatic nitrogens is 1. The van der Waals surface area contributed by atoms with E-state index in [0.717, 1.165) is 24.0 Å². The molecule has 0 spiro atoms. The van der Waals surface area contributed by atoms with Crippen LogP contribution < -0.4 is 5.32 Å². The SMILES string of the molecule is Cc1cc(C(=O)NCC2(O)CCCc3ccccc32)on1. The van der Waals surface area contributed by atoms with Crippen molar-refractivity contribution in [3.05, 3.63) is 52.9 Å². The van der Waals surface area contributed by atoms with E-state index in [-0.39, 0.29) is 18.2 Å². The number of hydrogen-bond acceptors (Lipinski definition) is 4. The van der Waals surface area contributed by atoms with Gasteiger partial charge in [0.1, 0.15) is 5.60 Å². The molecule has 5 nitrogen and oxygen atoms in total. The normalized spacial score (nSPS) is 20.9. The zero-order chi connectivity index (χ0) is 14.9. The minimum atomic E-state index is -1.01. The van der Waals surface area contributed by atoms with Crippen LogP contribution in [0.3, 0.4) is 0 Å². The molecule has 3 rings (SSSR count). The fourth-order valence-electron chi connectivity index (χ4n) is 2.87. The van der Waals surface area contributed by atoms with Crippen molar-refractivity contribution in [2.45, 2.75) is 31.8 Å². The van der Waals surface area contributed by atoms with Gasteiger partial charge in [0.2, 0.25) is 5.76 Å². The van der Waals surface area contributed by atoms with E-state index >= 15 is 0 Å². The van der Waals surface area contributed by atoms with E-state index < -0.39 is 5.60 Å². The molecule has 0 saturated carbocycles. The Bertz CT molecular complexity index is 665. The van der Waals surface area contributed by atoms with Crippen LogP contribution in [-0.4, -0.2) is 22.7 Å². The van der Waals surface area contributed by atoms with Gasteiger partial charge in [-0.2, -0.15) is 0 Å². The molecule has 1 atom stereocenters. The second-order valence-electron chi connectivity index (χ2n) is 5.56. The summed E-state index contributed by atoms with van der Waals surface area (Å²) in [6.07, 6.45) is 2.51. The highest BCUT2D eigenvalue weighted by molar-refractivity contribution is 5.91. The van der Waals surface area contributed by atoms with Crippen LogP contribution >= 0.6 is 0 Å². The van der Waals surface area contributed by atoms with E-state index in [1.54, 1.807) is 13.0 Å². The van der Waals surface area contributed by atoms with E-state index in [1.807, 2.05) is 24.3 Å². The highest BCUT2D eigenvalue weighted by Gasteiger charge is 2.34. The van der Waals surface area contributed by atoms with Gasteiger partial charge in [0.25, 0.3) is 5.91 Å². The van der Waals surface area contributed by atoms with Gasteiger partial charge in [-0.1, -0.05) is 29.4 Å². The number of nitrogens with zero attached hydrogens (tertiary/aromatic N) is 1. The van der Waals surface area contributed by atoms with Crippen LogP contribution in [0.15, 0.2) is 34.9 Å². The van der Waals surface area contributed by atoms with Crippen molar-refractivity contribution in [3.8, 4) is 0 Å². The van der Waals surface area contributed by atoms with Crippen LogP contribution in [0.5, 0.6) is 0 Å². The Balaban J connectivity index is 1.74. The Labute approximate surface area is 123 Å². The zero-order valence-electron chi connectivity index (χ0n) is 11.9. The Morgan fingerprint density at radius 2 is 2.29 bits per heavy atom. The molecule has 1 aliphatic rings. The van der Waals surface area contributed by atoms with Crippen molar-refractivity contribution in [2.75, 3.05) is 6.54 Å². The Morgan fingerprint density at radius 1 is 1.48 bits per heavy atom. The van der Waals surface area contributed by atoms with Gasteiger partial charge >= 0.3 is 0 Å². The standard InChI is InChI=1S/C16H18N2O3/c1-11-9-14(21-18-11)15(19)17-10-16(20)8-4-6-12-5-2-3-7-13(12)16/h2-3,5,7,9,20H,4,6,8,10H2,1H3,(H,17,19). The van der Waals surface area contributed by atoms with Crippen LogP contribution in [0, 0.1) is 6.92 Å². The number of carbonyl (C=O) groups is 1. The average Bonchev–Trinajstić information content (AvgIpc) is 2.92. The molecule has 0 radical (unpaired) electrons. The van der Waals surface area contributed by atoms with Crippen molar-refractivity contribution in [1.82, 2.24) is 10.5 Å². The summed E-state index contributed by atoms with van der Waals surface area (Å²) >= 11 is 0. The maximum atomic E-state index is 12.0. The highest BCUT2D eigenvalue weighted by Crippen LogP contribution is 2.34. The molecule has 5 heteroatoms. The lowest BCUT2D eigenvalue weighted by molar-refractivity contribution is 0.0185. The molecule has 2 aromatic rings. The number of rotatable bonds is 3. The predicted molar refractivity (Wildman–Crippen MR) is 76.9 cm³/mol. The Morgan fingerprint density at radius 3 is 3.05 bits per heavy atom. The molecular formula is C16H18N2O3. The van der Waals surface area contributed by atoms with Gasteiger partial charge in [-0.3, -0.25) is 4.79 Å². The maximum absolute atomic E-state index is 12.0. The topological polar surface area (TPSA) is 75.4 Å². The minimum Gasteiger partial charge on any atom is -0.383 e. The number of aryl methyl sites for hydroxylation is 2. The minimum absolute atomic E-state index is 0.167. The van der Waals surface area contributed by atoms with Crippen LogP contribution in [-0.2, 0) is 12.0 Å². The molecule has 1 heterocycles. The summed E-state index contributed by atoms with van der Waals surface area (Å²) in [7, 11) is 0. The molecule has 0 saturated heterocycles. The summed E-state index contributed by atoms with van der Waals surface area (Å²) in [4.78, 5) is 12.0. The number of nitrogens with one attached hydrogen (secondary N) is 1. The third-order valence-electron chi connectivity index (χ3n) is 3.95. The summed E-state index contributed by atoms with van der Waals surface area (Å²) in [5.74, 6) is -0.188. The summed E-state index contributed by atoms with van der Waals surface area (Å²) < 4.78 is 4.92. The van der Waals surface area contributed by atoms with E-state index in [2.05, 4.69) is 10.5 Å². The lowest BCUT2D eigenvalue weighted by Gasteiger charge is -2.34. The molecule has 110 valence electrons. The highest BCUT2D eigenvalue weighted by atomic mass is 16.5. The lowest BCUT2D eigenvalue weighted by atomic mass is 9.79. The summed E-state index contributed by atoms with van der Waals surface area (Å²) in [5.41, 5.74) is 1.70. The van der Waals surface area contributed by atoms with Crippen LogP contribution in [0.1, 0.15) is 40.2 Å². The summed E-state index contributed by atoms with van der Waals surface area (Å²) in [6.45, 7) is 1.92. The first-order valence-corrected chi connectivity index (χ1v) is 7.11. The molecule has 1 unspecified atom stereocenters. The fraction of sp³-hybridized carbons (Fsp3) is 0.375. The smallest absolute Gasteiger partial charge is 0.290 e. The van der Waals surface area contributed by atoms with Gasteiger partial charge in [-0.15, -0.1) is 0 Å². The number of aliphatic hydroxyl groups is 1. The third kappa shape index (κ3) is 2.69. The number of hydrogen-bond donors (Lipinski definition) is 2. The first-order chi connectivity index (χ1) is 10.1. The van der Waals surface area contributed by atoms with Crippen LogP contribution in [0.4, 0.5) is 0 Å². The number of amides is 1. The molecule has 0 bridgehead atoms. The first-order valence-electron chi connectivity index (χ1n) is 7.11. The van der Waals surface area contributed by atoms with Gasteiger partial charge < -0.3 is 14.9 Å². The van der Waals surface area contributed by atoms with Crippen molar-refractivity contribution < 1.29 is 14.4 Å².